The number of carbonyl (C=O) groups is 1. The molecular weight excluding hydrogens is 363 g/mol. The van der Waals surface area contributed by atoms with Gasteiger partial charge in [0.25, 0.3) is 0 Å². The molecule has 150 valence electrons. The number of hydrogen-bond acceptors (Lipinski definition) is 8. The Morgan fingerprint density at radius 3 is 2.50 bits per heavy atom. The number of aromatic nitrogens is 3. The molecule has 0 saturated heterocycles. The summed E-state index contributed by atoms with van der Waals surface area (Å²) in [5, 5.41) is 10.5. The smallest absolute Gasteiger partial charge is 0.407 e. The van der Waals surface area contributed by atoms with Crippen LogP contribution in [-0.4, -0.2) is 52.9 Å². The second-order valence-electron chi connectivity index (χ2n) is 6.31. The third-order valence-corrected chi connectivity index (χ3v) is 4.57. The molecule has 0 aliphatic carbocycles. The standard InChI is InChI=1S/C15H29N4O6P/c1-6-23-26(21,24-7-2)12-22-9-8-19-11-13(17-18-19)10-16-14(20)25-15(3,4)5/h11H,6-10,12H2,1-5H3,(H,16,20). The zero-order chi connectivity index (χ0) is 19.6. The van der Waals surface area contributed by atoms with Crippen LogP contribution in [0.4, 0.5) is 4.79 Å². The normalized spacial score (nSPS) is 12.2. The summed E-state index contributed by atoms with van der Waals surface area (Å²) in [6.45, 7) is 10.3. The van der Waals surface area contributed by atoms with Crippen molar-refractivity contribution < 1.29 is 27.9 Å². The maximum atomic E-state index is 12.2. The van der Waals surface area contributed by atoms with E-state index in [-0.39, 0.29) is 32.7 Å². The Bertz CT molecular complexity index is 591. The van der Waals surface area contributed by atoms with E-state index in [1.54, 1.807) is 45.5 Å². The molecule has 10 nitrogen and oxygen atoms in total. The van der Waals surface area contributed by atoms with Crippen molar-refractivity contribution in [1.82, 2.24) is 20.3 Å². The van der Waals surface area contributed by atoms with Gasteiger partial charge in [0.2, 0.25) is 0 Å². The highest BCUT2D eigenvalue weighted by Gasteiger charge is 2.23. The van der Waals surface area contributed by atoms with Crippen LogP contribution in [0.5, 0.6) is 0 Å². The van der Waals surface area contributed by atoms with E-state index in [1.165, 1.54) is 0 Å². The Kier molecular flexibility index (Phi) is 9.21. The van der Waals surface area contributed by atoms with Gasteiger partial charge >= 0.3 is 13.7 Å². The van der Waals surface area contributed by atoms with Gasteiger partial charge in [-0.15, -0.1) is 5.10 Å². The lowest BCUT2D eigenvalue weighted by Gasteiger charge is -2.19. The van der Waals surface area contributed by atoms with Crippen molar-refractivity contribution in [3.8, 4) is 0 Å². The fourth-order valence-electron chi connectivity index (χ4n) is 1.85. The fraction of sp³-hybridized carbons (Fsp3) is 0.800. The molecule has 0 aliphatic rings. The fourth-order valence-corrected chi connectivity index (χ4v) is 3.21. The molecule has 0 aliphatic heterocycles. The third kappa shape index (κ3) is 9.28. The molecule has 0 fully saturated rings. The van der Waals surface area contributed by atoms with Crippen molar-refractivity contribution in [3.63, 3.8) is 0 Å². The van der Waals surface area contributed by atoms with E-state index in [0.29, 0.717) is 12.2 Å². The first-order valence-electron chi connectivity index (χ1n) is 8.49. The molecule has 0 saturated carbocycles. The Morgan fingerprint density at radius 1 is 1.27 bits per heavy atom. The monoisotopic (exact) mass is 392 g/mol. The van der Waals surface area contributed by atoms with Crippen LogP contribution in [0.2, 0.25) is 0 Å². The number of carbonyl (C=O) groups excluding carboxylic acids is 1. The number of rotatable bonds is 11. The van der Waals surface area contributed by atoms with Crippen molar-refractivity contribution in [2.75, 3.05) is 26.2 Å². The van der Waals surface area contributed by atoms with E-state index in [4.69, 9.17) is 18.5 Å². The molecular formula is C15H29N4O6P. The zero-order valence-electron chi connectivity index (χ0n) is 16.1. The minimum atomic E-state index is -3.20. The van der Waals surface area contributed by atoms with Crippen LogP contribution in [0, 0.1) is 0 Å². The molecule has 0 atom stereocenters. The molecule has 26 heavy (non-hydrogen) atoms. The summed E-state index contributed by atoms with van der Waals surface area (Å²) < 4.78 is 34.6. The first-order valence-corrected chi connectivity index (χ1v) is 10.2. The quantitative estimate of drug-likeness (QED) is 0.451. The molecule has 1 amide bonds. The van der Waals surface area contributed by atoms with Gasteiger partial charge < -0.3 is 23.8 Å². The summed E-state index contributed by atoms with van der Waals surface area (Å²) in [6, 6.07) is 0. The number of alkyl carbamates (subject to hydrolysis) is 1. The number of hydrogen-bond donors (Lipinski definition) is 1. The lowest BCUT2D eigenvalue weighted by atomic mass is 10.2. The highest BCUT2D eigenvalue weighted by molar-refractivity contribution is 7.53. The maximum absolute atomic E-state index is 12.2. The third-order valence-electron chi connectivity index (χ3n) is 2.76. The lowest BCUT2D eigenvalue weighted by molar-refractivity contribution is 0.0523. The van der Waals surface area contributed by atoms with Crippen molar-refractivity contribution in [3.05, 3.63) is 11.9 Å². The predicted octanol–water partition coefficient (Wildman–Crippen LogP) is 2.54. The first-order chi connectivity index (χ1) is 12.2. The number of nitrogens with zero attached hydrogens (tertiary/aromatic N) is 3. The SMILES string of the molecule is CCOP(=O)(COCCn1cc(CNC(=O)OC(C)(C)C)nn1)OCC. The van der Waals surface area contributed by atoms with E-state index in [1.807, 2.05) is 0 Å². The molecule has 1 heterocycles. The number of amides is 1. The molecule has 11 heteroatoms. The van der Waals surface area contributed by atoms with Gasteiger partial charge in [-0.1, -0.05) is 5.21 Å². The van der Waals surface area contributed by atoms with Crippen LogP contribution < -0.4 is 5.32 Å². The summed E-state index contributed by atoms with van der Waals surface area (Å²) in [5.74, 6) is 0. The highest BCUT2D eigenvalue weighted by Crippen LogP contribution is 2.47. The van der Waals surface area contributed by atoms with Gasteiger partial charge in [-0.05, 0) is 34.6 Å². The van der Waals surface area contributed by atoms with Crippen LogP contribution in [-0.2, 0) is 36.2 Å². The lowest BCUT2D eigenvalue weighted by Crippen LogP contribution is -2.32. The van der Waals surface area contributed by atoms with E-state index in [2.05, 4.69) is 15.6 Å². The molecule has 1 aromatic rings. The first kappa shape index (κ1) is 22.6. The number of nitrogens with one attached hydrogen (secondary N) is 1. The van der Waals surface area contributed by atoms with E-state index < -0.39 is 19.3 Å². The Labute approximate surface area is 154 Å². The summed E-state index contributed by atoms with van der Waals surface area (Å²) >= 11 is 0. The second kappa shape index (κ2) is 10.6. The summed E-state index contributed by atoms with van der Waals surface area (Å²) in [4.78, 5) is 11.6. The van der Waals surface area contributed by atoms with Gasteiger partial charge in [-0.2, -0.15) is 0 Å². The van der Waals surface area contributed by atoms with Gasteiger partial charge in [0.1, 0.15) is 17.6 Å². The van der Waals surface area contributed by atoms with E-state index in [0.717, 1.165) is 0 Å². The predicted molar refractivity (Wildman–Crippen MR) is 94.8 cm³/mol. The summed E-state index contributed by atoms with van der Waals surface area (Å²) in [6.07, 6.45) is 1.06. The second-order valence-corrected chi connectivity index (χ2v) is 8.31. The van der Waals surface area contributed by atoms with Crippen LogP contribution in [0.15, 0.2) is 6.20 Å². The van der Waals surface area contributed by atoms with Gasteiger partial charge in [-0.25, -0.2) is 9.48 Å². The van der Waals surface area contributed by atoms with Crippen LogP contribution in [0.25, 0.3) is 0 Å². The minimum absolute atomic E-state index is 0.115. The minimum Gasteiger partial charge on any atom is -0.444 e. The highest BCUT2D eigenvalue weighted by atomic mass is 31.2. The maximum Gasteiger partial charge on any atom is 0.407 e. The topological polar surface area (TPSA) is 114 Å². The van der Waals surface area contributed by atoms with Gasteiger partial charge in [0.05, 0.1) is 39.1 Å². The van der Waals surface area contributed by atoms with Crippen molar-refractivity contribution in [1.29, 1.82) is 0 Å². The van der Waals surface area contributed by atoms with Gasteiger partial charge in [-0.3, -0.25) is 4.57 Å². The van der Waals surface area contributed by atoms with Crippen LogP contribution in [0.1, 0.15) is 40.3 Å². The molecule has 1 rings (SSSR count). The largest absolute Gasteiger partial charge is 0.444 e. The molecule has 1 N–H and O–H groups in total. The molecule has 1 aromatic heterocycles. The van der Waals surface area contributed by atoms with Crippen molar-refractivity contribution in [2.45, 2.75) is 53.3 Å². The number of ether oxygens (including phenoxy) is 2. The summed E-state index contributed by atoms with van der Waals surface area (Å²) in [7, 11) is -3.20. The van der Waals surface area contributed by atoms with E-state index >= 15 is 0 Å². The molecule has 0 spiro atoms. The Hall–Kier alpha value is -1.48. The van der Waals surface area contributed by atoms with Crippen LogP contribution >= 0.6 is 7.60 Å². The molecule has 0 unspecified atom stereocenters. The molecule has 0 bridgehead atoms. The molecule has 0 radical (unpaired) electrons. The van der Waals surface area contributed by atoms with Gasteiger partial charge in [0, 0.05) is 0 Å². The molecule has 0 aromatic carbocycles. The average Bonchev–Trinajstić information content (AvgIpc) is 2.96. The zero-order valence-corrected chi connectivity index (χ0v) is 17.0. The van der Waals surface area contributed by atoms with Crippen molar-refractivity contribution >= 4 is 13.7 Å². The average molecular weight is 392 g/mol. The van der Waals surface area contributed by atoms with Gasteiger partial charge in [0.15, 0.2) is 0 Å². The van der Waals surface area contributed by atoms with Crippen molar-refractivity contribution in [2.24, 2.45) is 0 Å². The Morgan fingerprint density at radius 2 is 1.92 bits per heavy atom. The Balaban J connectivity index is 2.33. The van der Waals surface area contributed by atoms with E-state index in [9.17, 15) is 9.36 Å². The van der Waals surface area contributed by atoms with Crippen LogP contribution in [0.3, 0.4) is 0 Å². The summed E-state index contributed by atoms with van der Waals surface area (Å²) in [5.41, 5.74) is 0.0340.